The van der Waals surface area contributed by atoms with E-state index in [9.17, 15) is 0 Å². The molecule has 2 aromatic heterocycles. The van der Waals surface area contributed by atoms with Gasteiger partial charge in [-0.2, -0.15) is 0 Å². The van der Waals surface area contributed by atoms with Crippen LogP contribution in [0.4, 0.5) is 17.1 Å². The third kappa shape index (κ3) is 4.21. The van der Waals surface area contributed by atoms with Gasteiger partial charge in [0.15, 0.2) is 0 Å². The van der Waals surface area contributed by atoms with Crippen molar-refractivity contribution in [1.82, 2.24) is 0 Å². The van der Waals surface area contributed by atoms with Gasteiger partial charge in [0.05, 0.1) is 16.5 Å². The summed E-state index contributed by atoms with van der Waals surface area (Å²) in [5.74, 6) is 0. The van der Waals surface area contributed by atoms with Gasteiger partial charge >= 0.3 is 0 Å². The molecule has 0 spiro atoms. The number of fused-ring (bicyclic) bond motifs is 7. The van der Waals surface area contributed by atoms with E-state index in [1.54, 1.807) is 0 Å². The summed E-state index contributed by atoms with van der Waals surface area (Å²) in [6.45, 7) is 0. The van der Waals surface area contributed by atoms with Crippen molar-refractivity contribution in [3.8, 4) is 22.3 Å². The number of rotatable bonds is 5. The monoisotopic (exact) mass is 577 g/mol. The van der Waals surface area contributed by atoms with Gasteiger partial charge in [0.2, 0.25) is 0 Å². The molecule has 9 rings (SSSR count). The lowest BCUT2D eigenvalue weighted by Crippen LogP contribution is -2.10. The highest BCUT2D eigenvalue weighted by Crippen LogP contribution is 2.48. The molecule has 9 aromatic rings. The van der Waals surface area contributed by atoms with Crippen LogP contribution in [0.3, 0.4) is 0 Å². The molecule has 0 fully saturated rings. The summed E-state index contributed by atoms with van der Waals surface area (Å²) in [5.41, 5.74) is 11.1. The summed E-state index contributed by atoms with van der Waals surface area (Å²) < 4.78 is 13.1. The van der Waals surface area contributed by atoms with Crippen molar-refractivity contribution in [2.75, 3.05) is 4.90 Å². The maximum absolute atomic E-state index is 6.66. The van der Waals surface area contributed by atoms with Crippen molar-refractivity contribution in [2.24, 2.45) is 0 Å². The van der Waals surface area contributed by atoms with Gasteiger partial charge in [-0.1, -0.05) is 121 Å². The van der Waals surface area contributed by atoms with Crippen LogP contribution in [0.2, 0.25) is 0 Å². The van der Waals surface area contributed by atoms with Crippen molar-refractivity contribution < 1.29 is 8.83 Å². The lowest BCUT2D eigenvalue weighted by atomic mass is 10.0. The molecule has 2 heterocycles. The predicted molar refractivity (Wildman–Crippen MR) is 187 cm³/mol. The highest BCUT2D eigenvalue weighted by Gasteiger charge is 2.24. The summed E-state index contributed by atoms with van der Waals surface area (Å²) in [6.07, 6.45) is 0. The molecule has 7 aromatic carbocycles. The Balaban J connectivity index is 1.31. The van der Waals surface area contributed by atoms with Crippen molar-refractivity contribution in [3.05, 3.63) is 164 Å². The lowest BCUT2D eigenvalue weighted by Gasteiger charge is -2.27. The second-order valence-electron chi connectivity index (χ2n) is 11.3. The first kappa shape index (κ1) is 25.4. The number of anilines is 3. The molecule has 0 saturated heterocycles. The summed E-state index contributed by atoms with van der Waals surface area (Å²) in [4.78, 5) is 2.32. The van der Waals surface area contributed by atoms with Crippen LogP contribution in [0, 0.1) is 0 Å². The number of para-hydroxylation sites is 2. The maximum Gasteiger partial charge on any atom is 0.149 e. The SMILES string of the molecule is c1ccc(-c2ccc(N(c3ccc(-c4ccccc4)cc3)c3cc4oc5ccccc5c4c4oc5ccccc5c34)cc2)cc1. The minimum absolute atomic E-state index is 0.796. The number of hydrogen-bond donors (Lipinski definition) is 0. The van der Waals surface area contributed by atoms with E-state index in [2.05, 4.69) is 132 Å². The van der Waals surface area contributed by atoms with Crippen LogP contribution >= 0.6 is 0 Å². The zero-order valence-electron chi connectivity index (χ0n) is 24.4. The van der Waals surface area contributed by atoms with Crippen molar-refractivity contribution >= 4 is 60.9 Å². The predicted octanol–water partition coefficient (Wildman–Crippen LogP) is 12.3. The van der Waals surface area contributed by atoms with Crippen LogP contribution in [0.25, 0.3) is 66.1 Å². The third-order valence-electron chi connectivity index (χ3n) is 8.68. The molecule has 0 bridgehead atoms. The highest BCUT2D eigenvalue weighted by atomic mass is 16.3. The molecule has 212 valence electrons. The quantitative estimate of drug-likeness (QED) is 0.204. The van der Waals surface area contributed by atoms with Gasteiger partial charge in [-0.3, -0.25) is 0 Å². The largest absolute Gasteiger partial charge is 0.456 e. The summed E-state index contributed by atoms with van der Waals surface area (Å²) in [5, 5.41) is 4.18. The minimum Gasteiger partial charge on any atom is -0.456 e. The van der Waals surface area contributed by atoms with E-state index >= 15 is 0 Å². The van der Waals surface area contributed by atoms with Crippen LogP contribution in [0.15, 0.2) is 173 Å². The smallest absolute Gasteiger partial charge is 0.149 e. The summed E-state index contributed by atoms with van der Waals surface area (Å²) in [6, 6.07) is 57.2. The summed E-state index contributed by atoms with van der Waals surface area (Å²) >= 11 is 0. The molecule has 0 aliphatic carbocycles. The van der Waals surface area contributed by atoms with E-state index in [0.29, 0.717) is 0 Å². The molecule has 0 aliphatic rings. The fourth-order valence-corrected chi connectivity index (χ4v) is 6.54. The Morgan fingerprint density at radius 1 is 0.356 bits per heavy atom. The van der Waals surface area contributed by atoms with Gasteiger partial charge in [-0.05, 0) is 58.7 Å². The number of nitrogens with zero attached hydrogens (tertiary/aromatic N) is 1. The van der Waals surface area contributed by atoms with Gasteiger partial charge in [0.25, 0.3) is 0 Å². The van der Waals surface area contributed by atoms with Gasteiger partial charge < -0.3 is 13.7 Å². The molecule has 0 amide bonds. The van der Waals surface area contributed by atoms with Gasteiger partial charge in [-0.25, -0.2) is 0 Å². The van der Waals surface area contributed by atoms with E-state index in [-0.39, 0.29) is 0 Å². The topological polar surface area (TPSA) is 29.5 Å². The van der Waals surface area contributed by atoms with Crippen LogP contribution in [0.5, 0.6) is 0 Å². The molecule has 0 unspecified atom stereocenters. The molecule has 0 saturated carbocycles. The second-order valence-corrected chi connectivity index (χ2v) is 11.3. The first-order valence-corrected chi connectivity index (χ1v) is 15.2. The average molecular weight is 578 g/mol. The van der Waals surface area contributed by atoms with Crippen molar-refractivity contribution in [2.45, 2.75) is 0 Å². The van der Waals surface area contributed by atoms with Gasteiger partial charge in [0, 0.05) is 28.2 Å². The Bertz CT molecular complexity index is 2370. The zero-order valence-corrected chi connectivity index (χ0v) is 24.4. The van der Waals surface area contributed by atoms with Crippen LogP contribution in [-0.2, 0) is 0 Å². The van der Waals surface area contributed by atoms with Crippen LogP contribution in [-0.4, -0.2) is 0 Å². The zero-order chi connectivity index (χ0) is 29.7. The van der Waals surface area contributed by atoms with Crippen LogP contribution in [0.1, 0.15) is 0 Å². The highest BCUT2D eigenvalue weighted by molar-refractivity contribution is 6.26. The van der Waals surface area contributed by atoms with E-state index in [1.807, 2.05) is 36.4 Å². The Hall–Kier alpha value is -6.06. The summed E-state index contributed by atoms with van der Waals surface area (Å²) in [7, 11) is 0. The first-order valence-electron chi connectivity index (χ1n) is 15.2. The molecule has 45 heavy (non-hydrogen) atoms. The molecule has 0 aliphatic heterocycles. The molecule has 0 radical (unpaired) electrons. The lowest BCUT2D eigenvalue weighted by molar-refractivity contribution is 0.663. The number of furan rings is 2. The van der Waals surface area contributed by atoms with E-state index in [1.165, 1.54) is 22.3 Å². The minimum atomic E-state index is 0.796. The molecule has 3 nitrogen and oxygen atoms in total. The van der Waals surface area contributed by atoms with E-state index in [4.69, 9.17) is 8.83 Å². The molecule has 0 N–H and O–H groups in total. The Kier molecular flexibility index (Phi) is 5.82. The Morgan fingerprint density at radius 3 is 1.36 bits per heavy atom. The van der Waals surface area contributed by atoms with E-state index < -0.39 is 0 Å². The normalized spacial score (nSPS) is 11.6. The van der Waals surface area contributed by atoms with Gasteiger partial charge in [0.1, 0.15) is 22.3 Å². The number of benzene rings is 7. The van der Waals surface area contributed by atoms with Gasteiger partial charge in [-0.15, -0.1) is 0 Å². The molecule has 0 atom stereocenters. The molecule has 3 heteroatoms. The number of hydrogen-bond acceptors (Lipinski definition) is 3. The molecular weight excluding hydrogens is 550 g/mol. The Labute approximate surface area is 260 Å². The standard InChI is InChI=1S/C42H27NO2/c1-3-11-28(12-4-1)30-19-23-32(24-20-30)43(33-25-21-31(22-26-33)29-13-5-2-6-14-29)36-27-39-41(35-16-8-9-17-37(35)44-39)42-40(36)34-15-7-10-18-38(34)45-42/h1-27H. The second kappa shape index (κ2) is 10.3. The fourth-order valence-electron chi connectivity index (χ4n) is 6.54. The third-order valence-corrected chi connectivity index (χ3v) is 8.68. The van der Waals surface area contributed by atoms with Crippen LogP contribution < -0.4 is 4.90 Å². The maximum atomic E-state index is 6.66. The average Bonchev–Trinajstić information content (AvgIpc) is 3.68. The van der Waals surface area contributed by atoms with Crippen molar-refractivity contribution in [3.63, 3.8) is 0 Å². The fraction of sp³-hybridized carbons (Fsp3) is 0. The van der Waals surface area contributed by atoms with E-state index in [0.717, 1.165) is 60.9 Å². The van der Waals surface area contributed by atoms with Crippen molar-refractivity contribution in [1.29, 1.82) is 0 Å². The first-order chi connectivity index (χ1) is 22.3. The Morgan fingerprint density at radius 2 is 0.800 bits per heavy atom. The molecular formula is C42H27NO2.